The molecule has 1 unspecified atom stereocenters. The number of hydrogen-bond acceptors (Lipinski definition) is 4. The van der Waals surface area contributed by atoms with Crippen molar-refractivity contribution in [2.75, 3.05) is 0 Å². The zero-order valence-corrected chi connectivity index (χ0v) is 15.7. The first-order valence-corrected chi connectivity index (χ1v) is 9.27. The normalized spacial score (nSPS) is 14.8. The molecular weight excluding hydrogens is 378 g/mol. The molecule has 2 aromatic carbocycles. The van der Waals surface area contributed by atoms with Crippen LogP contribution >= 0.6 is 11.6 Å². The van der Waals surface area contributed by atoms with Crippen molar-refractivity contribution in [3.8, 4) is 6.07 Å². The van der Waals surface area contributed by atoms with Gasteiger partial charge in [0.15, 0.2) is 0 Å². The SMILES string of the molecule is N#C/C(=C\c1ccc(Cl)c([N+](=O)[O-])c1)C(=O)NC(CC1CC1)c1ccccc1. The van der Waals surface area contributed by atoms with Crippen molar-refractivity contribution in [1.29, 1.82) is 5.26 Å². The predicted octanol–water partition coefficient (Wildman–Crippen LogP) is 4.81. The molecule has 0 aromatic heterocycles. The van der Waals surface area contributed by atoms with E-state index in [1.165, 1.54) is 24.3 Å². The van der Waals surface area contributed by atoms with Crippen LogP contribution in [0.4, 0.5) is 5.69 Å². The molecule has 0 heterocycles. The maximum atomic E-state index is 12.7. The number of amides is 1. The Hall–Kier alpha value is -3.17. The second-order valence-corrected chi connectivity index (χ2v) is 7.16. The van der Waals surface area contributed by atoms with Gasteiger partial charge in [-0.2, -0.15) is 5.26 Å². The summed E-state index contributed by atoms with van der Waals surface area (Å²) in [5.74, 6) is 0.0774. The van der Waals surface area contributed by atoms with Crippen LogP contribution in [0, 0.1) is 27.4 Å². The molecule has 0 spiro atoms. The van der Waals surface area contributed by atoms with Gasteiger partial charge < -0.3 is 5.32 Å². The smallest absolute Gasteiger partial charge is 0.288 e. The average molecular weight is 396 g/mol. The lowest BCUT2D eigenvalue weighted by atomic mass is 10.0. The minimum atomic E-state index is -0.604. The van der Waals surface area contributed by atoms with Crippen LogP contribution in [0.1, 0.15) is 36.4 Å². The Balaban J connectivity index is 1.82. The number of rotatable bonds is 7. The van der Waals surface area contributed by atoms with Gasteiger partial charge in [0.25, 0.3) is 11.6 Å². The Morgan fingerprint density at radius 2 is 2.04 bits per heavy atom. The molecule has 7 heteroatoms. The number of carbonyl (C=O) groups excluding carboxylic acids is 1. The zero-order valence-electron chi connectivity index (χ0n) is 15.0. The summed E-state index contributed by atoms with van der Waals surface area (Å²) >= 11 is 5.81. The lowest BCUT2D eigenvalue weighted by molar-refractivity contribution is -0.384. The Bertz CT molecular complexity index is 963. The molecule has 1 amide bonds. The van der Waals surface area contributed by atoms with E-state index in [-0.39, 0.29) is 22.3 Å². The molecule has 1 aliphatic carbocycles. The molecule has 0 saturated heterocycles. The van der Waals surface area contributed by atoms with Gasteiger partial charge in [-0.1, -0.05) is 60.8 Å². The first-order valence-electron chi connectivity index (χ1n) is 8.89. The number of nitriles is 1. The second-order valence-electron chi connectivity index (χ2n) is 6.75. The standard InChI is InChI=1S/C21H18ClN3O3/c22-18-9-8-15(12-20(18)25(27)28)10-17(13-23)21(26)24-19(11-14-6-7-14)16-4-2-1-3-5-16/h1-5,8-10,12,14,19H,6-7,11H2,(H,24,26)/b17-10+. The van der Waals surface area contributed by atoms with E-state index < -0.39 is 10.8 Å². The summed E-state index contributed by atoms with van der Waals surface area (Å²) in [5, 5.41) is 23.4. The number of carbonyl (C=O) groups is 1. The van der Waals surface area contributed by atoms with Crippen LogP contribution in [0.5, 0.6) is 0 Å². The third-order valence-electron chi connectivity index (χ3n) is 4.62. The van der Waals surface area contributed by atoms with E-state index in [1.807, 2.05) is 36.4 Å². The molecule has 142 valence electrons. The number of halogens is 1. The number of nitrogens with zero attached hydrogens (tertiary/aromatic N) is 2. The molecule has 6 nitrogen and oxygen atoms in total. The summed E-state index contributed by atoms with van der Waals surface area (Å²) in [5.41, 5.74) is 0.959. The van der Waals surface area contributed by atoms with E-state index in [2.05, 4.69) is 5.32 Å². The molecule has 0 aliphatic heterocycles. The van der Waals surface area contributed by atoms with Gasteiger partial charge in [-0.15, -0.1) is 0 Å². The van der Waals surface area contributed by atoms with Crippen molar-refractivity contribution in [3.05, 3.63) is 80.4 Å². The lowest BCUT2D eigenvalue weighted by Crippen LogP contribution is -2.29. The zero-order chi connectivity index (χ0) is 20.1. The molecule has 1 saturated carbocycles. The fraction of sp³-hybridized carbons (Fsp3) is 0.238. The highest BCUT2D eigenvalue weighted by Crippen LogP contribution is 2.37. The summed E-state index contributed by atoms with van der Waals surface area (Å²) in [7, 11) is 0. The van der Waals surface area contributed by atoms with E-state index in [9.17, 15) is 20.2 Å². The third-order valence-corrected chi connectivity index (χ3v) is 4.94. The van der Waals surface area contributed by atoms with Crippen LogP contribution in [0.15, 0.2) is 54.1 Å². The summed E-state index contributed by atoms with van der Waals surface area (Å²) < 4.78 is 0. The number of nitro benzene ring substituents is 1. The van der Waals surface area contributed by atoms with Crippen LogP contribution < -0.4 is 5.32 Å². The third kappa shape index (κ3) is 4.96. The molecule has 2 aromatic rings. The summed E-state index contributed by atoms with van der Waals surface area (Å²) in [6.07, 6.45) is 4.45. The largest absolute Gasteiger partial charge is 0.345 e. The molecule has 0 radical (unpaired) electrons. The number of nitro groups is 1. The highest BCUT2D eigenvalue weighted by molar-refractivity contribution is 6.32. The van der Waals surface area contributed by atoms with Gasteiger partial charge in [0.2, 0.25) is 0 Å². The van der Waals surface area contributed by atoms with Gasteiger partial charge in [0, 0.05) is 6.07 Å². The highest BCUT2D eigenvalue weighted by atomic mass is 35.5. The van der Waals surface area contributed by atoms with Crippen LogP contribution in [0.25, 0.3) is 6.08 Å². The molecule has 1 atom stereocenters. The van der Waals surface area contributed by atoms with Crippen molar-refractivity contribution in [1.82, 2.24) is 5.32 Å². The van der Waals surface area contributed by atoms with Crippen LogP contribution in [0.3, 0.4) is 0 Å². The summed E-state index contributed by atoms with van der Waals surface area (Å²) in [4.78, 5) is 23.1. The predicted molar refractivity (Wildman–Crippen MR) is 106 cm³/mol. The quantitative estimate of drug-likeness (QED) is 0.315. The minimum Gasteiger partial charge on any atom is -0.345 e. The van der Waals surface area contributed by atoms with Crippen LogP contribution in [0.2, 0.25) is 5.02 Å². The van der Waals surface area contributed by atoms with Crippen LogP contribution in [-0.2, 0) is 4.79 Å². The number of hydrogen-bond donors (Lipinski definition) is 1. The maximum absolute atomic E-state index is 12.7. The molecule has 3 rings (SSSR count). The number of benzene rings is 2. The first kappa shape index (κ1) is 19.6. The monoisotopic (exact) mass is 395 g/mol. The van der Waals surface area contributed by atoms with Gasteiger partial charge in [0.05, 0.1) is 11.0 Å². The molecule has 28 heavy (non-hydrogen) atoms. The summed E-state index contributed by atoms with van der Waals surface area (Å²) in [6.45, 7) is 0. The van der Waals surface area contributed by atoms with E-state index in [1.54, 1.807) is 0 Å². The lowest BCUT2D eigenvalue weighted by Gasteiger charge is -2.19. The van der Waals surface area contributed by atoms with Crippen molar-refractivity contribution in [3.63, 3.8) is 0 Å². The molecule has 1 fully saturated rings. The molecule has 1 aliphatic rings. The van der Waals surface area contributed by atoms with Crippen molar-refractivity contribution >= 4 is 29.3 Å². The highest BCUT2D eigenvalue weighted by Gasteiger charge is 2.28. The Morgan fingerprint density at radius 1 is 1.32 bits per heavy atom. The fourth-order valence-corrected chi connectivity index (χ4v) is 3.15. The first-order chi connectivity index (χ1) is 13.5. The Morgan fingerprint density at radius 3 is 2.64 bits per heavy atom. The maximum Gasteiger partial charge on any atom is 0.288 e. The molecule has 0 bridgehead atoms. The van der Waals surface area contributed by atoms with Gasteiger partial charge in [-0.3, -0.25) is 14.9 Å². The van der Waals surface area contributed by atoms with Crippen molar-refractivity contribution in [2.45, 2.75) is 25.3 Å². The Labute approximate surface area is 167 Å². The minimum absolute atomic E-state index is 0.00122. The van der Waals surface area contributed by atoms with E-state index in [0.717, 1.165) is 24.8 Å². The average Bonchev–Trinajstić information content (AvgIpc) is 3.51. The van der Waals surface area contributed by atoms with Gasteiger partial charge in [-0.25, -0.2) is 0 Å². The topological polar surface area (TPSA) is 96.0 Å². The Kier molecular flexibility index (Phi) is 6.07. The van der Waals surface area contributed by atoms with Gasteiger partial charge in [-0.05, 0) is 35.6 Å². The molecular formula is C21H18ClN3O3. The van der Waals surface area contributed by atoms with E-state index in [0.29, 0.717) is 11.5 Å². The van der Waals surface area contributed by atoms with Gasteiger partial charge in [0.1, 0.15) is 16.7 Å². The van der Waals surface area contributed by atoms with Crippen molar-refractivity contribution < 1.29 is 9.72 Å². The molecule has 1 N–H and O–H groups in total. The fourth-order valence-electron chi connectivity index (χ4n) is 2.96. The number of nitrogens with one attached hydrogen (secondary N) is 1. The van der Waals surface area contributed by atoms with Crippen molar-refractivity contribution in [2.24, 2.45) is 5.92 Å². The van der Waals surface area contributed by atoms with E-state index >= 15 is 0 Å². The van der Waals surface area contributed by atoms with Gasteiger partial charge >= 0.3 is 0 Å². The summed E-state index contributed by atoms with van der Waals surface area (Å²) in [6, 6.07) is 15.5. The second kappa shape index (κ2) is 8.68. The van der Waals surface area contributed by atoms with E-state index in [4.69, 9.17) is 11.6 Å². The van der Waals surface area contributed by atoms with Crippen LogP contribution in [-0.4, -0.2) is 10.8 Å².